The number of rotatable bonds is 4. The molecule has 0 spiro atoms. The maximum Gasteiger partial charge on any atom is 0.265 e. The maximum absolute atomic E-state index is 12.5. The summed E-state index contributed by atoms with van der Waals surface area (Å²) < 4.78 is 14.7. The number of hydrogen-bond donors (Lipinski definition) is 1. The highest BCUT2D eigenvalue weighted by molar-refractivity contribution is 7.09. The zero-order valence-electron chi connectivity index (χ0n) is 13.3. The third kappa shape index (κ3) is 3.36. The van der Waals surface area contributed by atoms with Crippen LogP contribution in [0.4, 0.5) is 5.13 Å². The number of carbonyl (C=O) groups excluding carboxylic acids is 1. The first kappa shape index (κ1) is 16.2. The van der Waals surface area contributed by atoms with Gasteiger partial charge in [-0.2, -0.15) is 4.37 Å². The molecule has 0 saturated carbocycles. The Morgan fingerprint density at radius 3 is 2.23 bits per heavy atom. The first-order valence-corrected chi connectivity index (χ1v) is 7.50. The average Bonchev–Trinajstić information content (AvgIpc) is 2.94. The van der Waals surface area contributed by atoms with Crippen LogP contribution in [-0.2, 0) is 5.41 Å². The molecule has 0 unspecified atom stereocenters. The number of anilines is 1. The van der Waals surface area contributed by atoms with Crippen molar-refractivity contribution in [3.63, 3.8) is 0 Å². The molecule has 0 radical (unpaired) electrons. The van der Waals surface area contributed by atoms with E-state index >= 15 is 0 Å². The number of methoxy groups -OCH3 is 2. The lowest BCUT2D eigenvalue weighted by atomic mass is 9.96. The van der Waals surface area contributed by atoms with Gasteiger partial charge in [0, 0.05) is 16.9 Å². The molecule has 0 saturated heterocycles. The van der Waals surface area contributed by atoms with Crippen LogP contribution in [0, 0.1) is 0 Å². The molecule has 0 atom stereocenters. The van der Waals surface area contributed by atoms with Crippen molar-refractivity contribution < 1.29 is 14.3 Å². The lowest BCUT2D eigenvalue weighted by Gasteiger charge is -2.13. The molecule has 7 heteroatoms. The molecular formula is C15H19N3O3S. The zero-order chi connectivity index (χ0) is 16.3. The van der Waals surface area contributed by atoms with Crippen LogP contribution in [0.15, 0.2) is 18.2 Å². The smallest absolute Gasteiger partial charge is 0.265 e. The van der Waals surface area contributed by atoms with Crippen LogP contribution < -0.4 is 14.8 Å². The van der Waals surface area contributed by atoms with Gasteiger partial charge in [0.2, 0.25) is 5.13 Å². The van der Waals surface area contributed by atoms with Crippen molar-refractivity contribution >= 4 is 22.6 Å². The van der Waals surface area contributed by atoms with E-state index in [1.807, 2.05) is 20.8 Å². The lowest BCUT2D eigenvalue weighted by Crippen LogP contribution is -2.16. The maximum atomic E-state index is 12.5. The number of carbonyl (C=O) groups is 1. The summed E-state index contributed by atoms with van der Waals surface area (Å²) in [6, 6.07) is 5.17. The molecule has 1 amide bonds. The van der Waals surface area contributed by atoms with Gasteiger partial charge in [0.05, 0.1) is 14.2 Å². The number of nitrogens with one attached hydrogen (secondary N) is 1. The Hall–Kier alpha value is -2.15. The predicted molar refractivity (Wildman–Crippen MR) is 86.1 cm³/mol. The van der Waals surface area contributed by atoms with Crippen molar-refractivity contribution in [3.8, 4) is 11.5 Å². The number of hydrogen-bond acceptors (Lipinski definition) is 6. The molecule has 0 aliphatic heterocycles. The molecule has 0 bridgehead atoms. The van der Waals surface area contributed by atoms with Crippen molar-refractivity contribution in [1.29, 1.82) is 0 Å². The summed E-state index contributed by atoms with van der Waals surface area (Å²) in [6.45, 7) is 6.05. The minimum absolute atomic E-state index is 0.165. The van der Waals surface area contributed by atoms with Gasteiger partial charge in [-0.1, -0.05) is 26.8 Å². The number of ether oxygens (including phenoxy) is 2. The molecule has 0 aliphatic rings. The Bertz CT molecular complexity index is 655. The van der Waals surface area contributed by atoms with E-state index in [2.05, 4.69) is 14.7 Å². The summed E-state index contributed by atoms with van der Waals surface area (Å²) in [7, 11) is 3.02. The van der Waals surface area contributed by atoms with Gasteiger partial charge >= 0.3 is 0 Å². The van der Waals surface area contributed by atoms with E-state index in [0.29, 0.717) is 28.0 Å². The van der Waals surface area contributed by atoms with E-state index in [1.165, 1.54) is 14.2 Å². The van der Waals surface area contributed by atoms with Gasteiger partial charge in [0.15, 0.2) is 0 Å². The molecule has 6 nitrogen and oxygen atoms in total. The quantitative estimate of drug-likeness (QED) is 0.936. The molecule has 0 fully saturated rings. The fourth-order valence-electron chi connectivity index (χ4n) is 1.81. The molecule has 1 aromatic heterocycles. The minimum atomic E-state index is -0.342. The number of benzene rings is 1. The highest BCUT2D eigenvalue weighted by Gasteiger charge is 2.22. The fourth-order valence-corrected chi connectivity index (χ4v) is 2.57. The minimum Gasteiger partial charge on any atom is -0.496 e. The van der Waals surface area contributed by atoms with E-state index in [9.17, 15) is 4.79 Å². The van der Waals surface area contributed by atoms with Gasteiger partial charge in [-0.3, -0.25) is 10.1 Å². The summed E-state index contributed by atoms with van der Waals surface area (Å²) in [4.78, 5) is 16.9. The Balaban J connectivity index is 2.28. The van der Waals surface area contributed by atoms with E-state index in [-0.39, 0.29) is 11.3 Å². The van der Waals surface area contributed by atoms with Gasteiger partial charge in [-0.15, -0.1) is 0 Å². The third-order valence-corrected chi connectivity index (χ3v) is 3.60. The Morgan fingerprint density at radius 1 is 1.18 bits per heavy atom. The van der Waals surface area contributed by atoms with Crippen molar-refractivity contribution in [2.24, 2.45) is 0 Å². The molecular weight excluding hydrogens is 302 g/mol. The van der Waals surface area contributed by atoms with Gasteiger partial charge in [-0.25, -0.2) is 4.98 Å². The standard InChI is InChI=1S/C15H19N3O3S/c1-15(2,3)13-17-14(22-18-13)16-12(19)11-9(20-4)7-6-8-10(11)21-5/h6-8H,1-5H3,(H,16,17,18,19). The van der Waals surface area contributed by atoms with Gasteiger partial charge < -0.3 is 9.47 Å². The average molecular weight is 321 g/mol. The molecule has 1 aromatic carbocycles. The summed E-state index contributed by atoms with van der Waals surface area (Å²) in [5.74, 6) is 1.24. The molecule has 22 heavy (non-hydrogen) atoms. The van der Waals surface area contributed by atoms with E-state index in [0.717, 1.165) is 11.5 Å². The van der Waals surface area contributed by atoms with Gasteiger partial charge in [-0.05, 0) is 12.1 Å². The van der Waals surface area contributed by atoms with Crippen molar-refractivity contribution in [2.75, 3.05) is 19.5 Å². The Labute approximate surface area is 133 Å². The van der Waals surface area contributed by atoms with E-state index in [4.69, 9.17) is 9.47 Å². The highest BCUT2D eigenvalue weighted by Crippen LogP contribution is 2.30. The van der Waals surface area contributed by atoms with Crippen LogP contribution >= 0.6 is 11.5 Å². The van der Waals surface area contributed by atoms with Crippen LogP contribution in [-0.4, -0.2) is 29.5 Å². The molecule has 118 valence electrons. The second-order valence-corrected chi connectivity index (χ2v) is 6.42. The highest BCUT2D eigenvalue weighted by atomic mass is 32.1. The van der Waals surface area contributed by atoms with Gasteiger partial charge in [0.25, 0.3) is 5.91 Å². The van der Waals surface area contributed by atoms with Crippen molar-refractivity contribution in [1.82, 2.24) is 9.36 Å². The van der Waals surface area contributed by atoms with Gasteiger partial charge in [0.1, 0.15) is 22.9 Å². The SMILES string of the molecule is COc1cccc(OC)c1C(=O)Nc1nc(C(C)(C)C)ns1. The Kier molecular flexibility index (Phi) is 4.65. The van der Waals surface area contributed by atoms with E-state index < -0.39 is 0 Å². The van der Waals surface area contributed by atoms with Crippen molar-refractivity contribution in [2.45, 2.75) is 26.2 Å². The second-order valence-electron chi connectivity index (χ2n) is 5.66. The monoisotopic (exact) mass is 321 g/mol. The molecule has 2 aromatic rings. The van der Waals surface area contributed by atoms with Crippen LogP contribution in [0.25, 0.3) is 0 Å². The topological polar surface area (TPSA) is 73.3 Å². The van der Waals surface area contributed by atoms with Crippen LogP contribution in [0.2, 0.25) is 0 Å². The van der Waals surface area contributed by atoms with Crippen LogP contribution in [0.1, 0.15) is 37.0 Å². The third-order valence-electron chi connectivity index (χ3n) is 2.97. The second kappa shape index (κ2) is 6.31. The van der Waals surface area contributed by atoms with Crippen LogP contribution in [0.3, 0.4) is 0 Å². The lowest BCUT2D eigenvalue weighted by molar-refractivity contribution is 0.102. The van der Waals surface area contributed by atoms with E-state index in [1.54, 1.807) is 18.2 Å². The Morgan fingerprint density at radius 2 is 1.77 bits per heavy atom. The first-order chi connectivity index (χ1) is 10.4. The summed E-state index contributed by atoms with van der Waals surface area (Å²) in [5, 5.41) is 3.19. The summed E-state index contributed by atoms with van der Waals surface area (Å²) in [5.41, 5.74) is 0.168. The molecule has 1 heterocycles. The zero-order valence-corrected chi connectivity index (χ0v) is 14.1. The number of amides is 1. The molecule has 2 rings (SSSR count). The predicted octanol–water partition coefficient (Wildman–Crippen LogP) is 3.11. The number of nitrogens with zero attached hydrogens (tertiary/aromatic N) is 2. The molecule has 1 N–H and O–H groups in total. The fraction of sp³-hybridized carbons (Fsp3) is 0.400. The van der Waals surface area contributed by atoms with Crippen molar-refractivity contribution in [3.05, 3.63) is 29.6 Å². The first-order valence-electron chi connectivity index (χ1n) is 6.73. The molecule has 0 aliphatic carbocycles. The number of aromatic nitrogens is 2. The summed E-state index contributed by atoms with van der Waals surface area (Å²) in [6.07, 6.45) is 0. The van der Waals surface area contributed by atoms with Crippen LogP contribution in [0.5, 0.6) is 11.5 Å². The normalized spacial score (nSPS) is 11.1. The largest absolute Gasteiger partial charge is 0.496 e. The summed E-state index contributed by atoms with van der Waals surface area (Å²) >= 11 is 1.15.